The maximum absolute atomic E-state index is 10.9. The van der Waals surface area contributed by atoms with Crippen LogP contribution in [0.3, 0.4) is 0 Å². The number of hydrogen-bond donors (Lipinski definition) is 0. The Labute approximate surface area is 125 Å². The van der Waals surface area contributed by atoms with E-state index in [1.807, 2.05) is 0 Å². The molecule has 0 aliphatic carbocycles. The first-order valence-electron chi connectivity index (χ1n) is 7.10. The summed E-state index contributed by atoms with van der Waals surface area (Å²) in [6, 6.07) is 0. The Balaban J connectivity index is 4.30. The summed E-state index contributed by atoms with van der Waals surface area (Å²) in [6.07, 6.45) is 2.59. The van der Waals surface area contributed by atoms with E-state index in [4.69, 9.17) is 4.43 Å². The first-order valence-corrected chi connectivity index (χ1v) is 10.0. The molecule has 0 heterocycles. The lowest BCUT2D eigenvalue weighted by Crippen LogP contribution is -2.43. The van der Waals surface area contributed by atoms with Crippen molar-refractivity contribution in [3.63, 3.8) is 0 Å². The molecule has 0 aromatic carbocycles. The molecule has 0 spiro atoms. The van der Waals surface area contributed by atoms with Crippen molar-refractivity contribution in [2.45, 2.75) is 59.2 Å². The second-order valence-electron chi connectivity index (χ2n) is 7.52. The normalized spacial score (nSPS) is 13.8. The fraction of sp³-hybridized carbons (Fsp3) is 0.867. The van der Waals surface area contributed by atoms with Crippen molar-refractivity contribution in [2.75, 3.05) is 20.3 Å². The third-order valence-corrected chi connectivity index (χ3v) is 8.33. The Morgan fingerprint density at radius 2 is 1.75 bits per heavy atom. The molecular weight excluding hydrogens is 270 g/mol. The summed E-state index contributed by atoms with van der Waals surface area (Å²) in [4.78, 5) is 15.0. The van der Waals surface area contributed by atoms with Crippen LogP contribution in [-0.4, -0.2) is 40.8 Å². The highest BCUT2D eigenvalue weighted by atomic mass is 28.4. The van der Waals surface area contributed by atoms with Gasteiger partial charge in [0, 0.05) is 12.8 Å². The fourth-order valence-electron chi connectivity index (χ4n) is 1.17. The number of esters is 1. The molecular formula is C15H31NO3Si. The Kier molecular flexibility index (Phi) is 7.11. The third kappa shape index (κ3) is 7.19. The fourth-order valence-corrected chi connectivity index (χ4v) is 2.35. The lowest BCUT2D eigenvalue weighted by atomic mass is 9.91. The van der Waals surface area contributed by atoms with Gasteiger partial charge in [-0.3, -0.25) is 9.79 Å². The predicted molar refractivity (Wildman–Crippen MR) is 86.9 cm³/mol. The van der Waals surface area contributed by atoms with Crippen LogP contribution in [0.5, 0.6) is 0 Å². The third-order valence-electron chi connectivity index (χ3n) is 3.85. The largest absolute Gasteiger partial charge is 0.468 e. The number of nitrogens with zero attached hydrogens (tertiary/aromatic N) is 1. The molecule has 5 heteroatoms. The number of methoxy groups -OCH3 is 1. The van der Waals surface area contributed by atoms with E-state index in [0.717, 1.165) is 6.42 Å². The average Bonchev–Trinajstić information content (AvgIpc) is 2.31. The zero-order valence-corrected chi connectivity index (χ0v) is 15.4. The molecule has 4 nitrogen and oxygen atoms in total. The van der Waals surface area contributed by atoms with Gasteiger partial charge in [0.2, 0.25) is 0 Å². The van der Waals surface area contributed by atoms with Gasteiger partial charge in [0.25, 0.3) is 0 Å². The van der Waals surface area contributed by atoms with Crippen LogP contribution in [-0.2, 0) is 14.0 Å². The molecule has 0 aliphatic heterocycles. The highest BCUT2D eigenvalue weighted by Crippen LogP contribution is 2.37. The molecule has 0 amide bonds. The van der Waals surface area contributed by atoms with Crippen LogP contribution in [0.15, 0.2) is 4.99 Å². The quantitative estimate of drug-likeness (QED) is 0.409. The minimum Gasteiger partial charge on any atom is -0.468 e. The molecule has 0 rings (SSSR count). The summed E-state index contributed by atoms with van der Waals surface area (Å²) in [5.74, 6) is -0.309. The molecule has 0 saturated carbocycles. The SMILES string of the molecule is COC(=O)CN=CCC(C)(C)CO[Si](C)(C)C(C)(C)C. The molecule has 0 bridgehead atoms. The first-order chi connectivity index (χ1) is 8.91. The van der Waals surface area contributed by atoms with E-state index in [1.165, 1.54) is 7.11 Å². The van der Waals surface area contributed by atoms with Crippen LogP contribution in [0.25, 0.3) is 0 Å². The Hall–Kier alpha value is -0.683. The molecule has 0 aromatic heterocycles. The van der Waals surface area contributed by atoms with Crippen LogP contribution >= 0.6 is 0 Å². The summed E-state index contributed by atoms with van der Waals surface area (Å²) >= 11 is 0. The number of rotatable bonds is 7. The topological polar surface area (TPSA) is 47.9 Å². The second-order valence-corrected chi connectivity index (χ2v) is 12.3. The highest BCUT2D eigenvalue weighted by Gasteiger charge is 2.38. The number of carbonyl (C=O) groups excluding carboxylic acids is 1. The molecule has 118 valence electrons. The van der Waals surface area contributed by atoms with E-state index < -0.39 is 8.32 Å². The van der Waals surface area contributed by atoms with Gasteiger partial charge in [-0.2, -0.15) is 0 Å². The summed E-state index contributed by atoms with van der Waals surface area (Å²) in [7, 11) is -0.335. The van der Waals surface area contributed by atoms with Gasteiger partial charge in [-0.25, -0.2) is 0 Å². The van der Waals surface area contributed by atoms with Crippen LogP contribution in [0, 0.1) is 5.41 Å². The van der Waals surface area contributed by atoms with Gasteiger partial charge >= 0.3 is 5.97 Å². The molecule has 0 N–H and O–H groups in total. The van der Waals surface area contributed by atoms with Gasteiger partial charge in [0.15, 0.2) is 8.32 Å². The van der Waals surface area contributed by atoms with E-state index in [9.17, 15) is 4.79 Å². The zero-order valence-electron chi connectivity index (χ0n) is 14.4. The summed E-state index contributed by atoms with van der Waals surface area (Å²) in [5, 5.41) is 0.224. The number of hydrogen-bond acceptors (Lipinski definition) is 4. The maximum atomic E-state index is 10.9. The molecule has 20 heavy (non-hydrogen) atoms. The Morgan fingerprint density at radius 3 is 2.20 bits per heavy atom. The highest BCUT2D eigenvalue weighted by molar-refractivity contribution is 6.74. The van der Waals surface area contributed by atoms with Crippen molar-refractivity contribution in [1.82, 2.24) is 0 Å². The average molecular weight is 302 g/mol. The first kappa shape index (κ1) is 19.3. The van der Waals surface area contributed by atoms with E-state index in [1.54, 1.807) is 6.21 Å². The lowest BCUT2D eigenvalue weighted by molar-refractivity contribution is -0.138. The minimum absolute atomic E-state index is 0.0230. The van der Waals surface area contributed by atoms with E-state index in [-0.39, 0.29) is 23.0 Å². The number of ether oxygens (including phenoxy) is 1. The van der Waals surface area contributed by atoms with Crippen LogP contribution in [0.4, 0.5) is 0 Å². The zero-order chi connectivity index (χ0) is 16.0. The molecule has 0 atom stereocenters. The molecule has 0 aliphatic rings. The minimum atomic E-state index is -1.70. The van der Waals surface area contributed by atoms with Crippen LogP contribution in [0.2, 0.25) is 18.1 Å². The molecule has 0 unspecified atom stereocenters. The van der Waals surface area contributed by atoms with Crippen molar-refractivity contribution in [1.29, 1.82) is 0 Å². The standard InChI is InChI=1S/C15H31NO3Si/c1-14(2,3)20(7,8)19-12-15(4,5)9-10-16-11-13(17)18-6/h10H,9,11-12H2,1-8H3. The summed E-state index contributed by atoms with van der Waals surface area (Å²) < 4.78 is 10.8. The summed E-state index contributed by atoms with van der Waals surface area (Å²) in [5.41, 5.74) is 0.0230. The van der Waals surface area contributed by atoms with Crippen LogP contribution < -0.4 is 0 Å². The number of aliphatic imine (C=N–C) groups is 1. The molecule has 0 fully saturated rings. The van der Waals surface area contributed by atoms with E-state index in [2.05, 4.69) is 57.4 Å². The molecule has 0 aromatic rings. The predicted octanol–water partition coefficient (Wildman–Crippen LogP) is 3.67. The van der Waals surface area contributed by atoms with Crippen molar-refractivity contribution in [3.8, 4) is 0 Å². The number of carbonyl (C=O) groups is 1. The monoisotopic (exact) mass is 301 g/mol. The van der Waals surface area contributed by atoms with Crippen molar-refractivity contribution in [2.24, 2.45) is 10.4 Å². The van der Waals surface area contributed by atoms with Gasteiger partial charge in [-0.05, 0) is 30.0 Å². The van der Waals surface area contributed by atoms with Gasteiger partial charge in [-0.1, -0.05) is 34.6 Å². The van der Waals surface area contributed by atoms with Gasteiger partial charge in [-0.15, -0.1) is 0 Å². The van der Waals surface area contributed by atoms with Crippen molar-refractivity contribution in [3.05, 3.63) is 0 Å². The van der Waals surface area contributed by atoms with E-state index in [0.29, 0.717) is 6.61 Å². The van der Waals surface area contributed by atoms with Crippen molar-refractivity contribution < 1.29 is 14.0 Å². The van der Waals surface area contributed by atoms with Gasteiger partial charge in [0.05, 0.1) is 7.11 Å². The second kappa shape index (κ2) is 7.36. The molecule has 0 radical (unpaired) electrons. The summed E-state index contributed by atoms with van der Waals surface area (Å²) in [6.45, 7) is 16.4. The van der Waals surface area contributed by atoms with Gasteiger partial charge < -0.3 is 9.16 Å². The van der Waals surface area contributed by atoms with Crippen LogP contribution in [0.1, 0.15) is 41.0 Å². The molecule has 0 saturated heterocycles. The smallest absolute Gasteiger partial charge is 0.327 e. The van der Waals surface area contributed by atoms with Crippen molar-refractivity contribution >= 4 is 20.5 Å². The maximum Gasteiger partial charge on any atom is 0.327 e. The van der Waals surface area contributed by atoms with Gasteiger partial charge in [0.1, 0.15) is 6.54 Å². The van der Waals surface area contributed by atoms with E-state index >= 15 is 0 Å². The Bertz CT molecular complexity index is 344. The Morgan fingerprint density at radius 1 is 1.20 bits per heavy atom. The lowest BCUT2D eigenvalue weighted by Gasteiger charge is -2.38.